The fraction of sp³-hybridized carbons (Fsp3) is 0.250. The van der Waals surface area contributed by atoms with E-state index in [4.69, 9.17) is 11.5 Å². The summed E-state index contributed by atoms with van der Waals surface area (Å²) in [6.45, 7) is 0. The normalized spacial score (nSPS) is 13.6. The van der Waals surface area contributed by atoms with Gasteiger partial charge in [0.05, 0.1) is 27.8 Å². The highest BCUT2D eigenvalue weighted by molar-refractivity contribution is 5.61. The molecular formula is C24H10F18N2O2. The van der Waals surface area contributed by atoms with E-state index < -0.39 is 123 Å². The Labute approximate surface area is 242 Å². The topological polar surface area (TPSA) is 70.5 Å². The van der Waals surface area contributed by atoms with Crippen LogP contribution in [0.3, 0.4) is 0 Å². The molecule has 254 valence electrons. The number of hydrogen-bond acceptors (Lipinski definition) is 4. The van der Waals surface area contributed by atoms with Crippen LogP contribution in [0.2, 0.25) is 0 Å². The van der Waals surface area contributed by atoms with Gasteiger partial charge in [-0.15, -0.1) is 0 Å². The van der Waals surface area contributed by atoms with Crippen LogP contribution in [0.4, 0.5) is 90.4 Å². The molecule has 0 unspecified atom stereocenters. The molecular weight excluding hydrogens is 690 g/mol. The largest absolute Gasteiger partial charge is 0.456 e. The first-order chi connectivity index (χ1) is 20.4. The van der Waals surface area contributed by atoms with Gasteiger partial charge in [0.2, 0.25) is 0 Å². The van der Waals surface area contributed by atoms with E-state index in [1.54, 1.807) is 0 Å². The molecule has 4 N–H and O–H groups in total. The molecule has 0 aromatic heterocycles. The molecule has 0 aliphatic rings. The Balaban J connectivity index is 2.38. The highest BCUT2D eigenvalue weighted by Crippen LogP contribution is 2.52. The van der Waals surface area contributed by atoms with Crippen molar-refractivity contribution in [3.8, 4) is 23.0 Å². The van der Waals surface area contributed by atoms with E-state index >= 15 is 0 Å². The van der Waals surface area contributed by atoms with Crippen LogP contribution in [-0.2, 0) is 37.1 Å². The summed E-state index contributed by atoms with van der Waals surface area (Å²) in [4.78, 5) is 0. The number of anilines is 2. The zero-order valence-corrected chi connectivity index (χ0v) is 21.2. The van der Waals surface area contributed by atoms with Crippen LogP contribution in [0, 0.1) is 0 Å². The predicted octanol–water partition coefficient (Wildman–Crippen LogP) is 10.5. The summed E-state index contributed by atoms with van der Waals surface area (Å²) in [6, 6.07) is -2.86. The quantitative estimate of drug-likeness (QED) is 0.210. The molecule has 0 aliphatic heterocycles. The lowest BCUT2D eigenvalue weighted by Crippen LogP contribution is -2.19. The second kappa shape index (κ2) is 11.1. The minimum Gasteiger partial charge on any atom is -0.456 e. The van der Waals surface area contributed by atoms with Crippen molar-refractivity contribution in [2.75, 3.05) is 11.5 Å². The van der Waals surface area contributed by atoms with Crippen molar-refractivity contribution in [3.63, 3.8) is 0 Å². The molecule has 0 atom stereocenters. The van der Waals surface area contributed by atoms with Gasteiger partial charge in [-0.25, -0.2) is 0 Å². The number of nitrogen functional groups attached to an aromatic ring is 2. The summed E-state index contributed by atoms with van der Waals surface area (Å²) in [5, 5.41) is 0. The Bertz CT molecular complexity index is 1630. The lowest BCUT2D eigenvalue weighted by molar-refractivity contribution is -0.163. The molecule has 0 radical (unpaired) electrons. The smallest absolute Gasteiger partial charge is 0.420 e. The maximum Gasteiger partial charge on any atom is 0.420 e. The minimum atomic E-state index is -6.19. The number of ether oxygens (including phenoxy) is 2. The van der Waals surface area contributed by atoms with Gasteiger partial charge in [0.25, 0.3) is 0 Å². The predicted molar refractivity (Wildman–Crippen MR) is 118 cm³/mol. The third kappa shape index (κ3) is 7.69. The Kier molecular flexibility index (Phi) is 8.74. The fourth-order valence-electron chi connectivity index (χ4n) is 3.79. The molecule has 0 spiro atoms. The summed E-state index contributed by atoms with van der Waals surface area (Å²) in [5.41, 5.74) is -7.94. The lowest BCUT2D eigenvalue weighted by atomic mass is 10.0. The molecule has 0 saturated heterocycles. The molecule has 22 heteroatoms. The fourth-order valence-corrected chi connectivity index (χ4v) is 3.79. The Hall–Kier alpha value is -4.40. The van der Waals surface area contributed by atoms with E-state index in [0.717, 1.165) is 0 Å². The van der Waals surface area contributed by atoms with Gasteiger partial charge in [-0.2, -0.15) is 79.0 Å². The SMILES string of the molecule is Nc1cc(Oc2cc(Oc3cc(N)c(C(F)(F)F)cc3C(F)(F)F)c(C(F)(F)F)c(C(F)(F)F)c2)c(C(F)(F)F)cc1C(F)(F)F. The van der Waals surface area contributed by atoms with Crippen LogP contribution in [0.25, 0.3) is 0 Å². The van der Waals surface area contributed by atoms with Crippen molar-refractivity contribution < 1.29 is 88.5 Å². The van der Waals surface area contributed by atoms with Crippen LogP contribution in [-0.4, -0.2) is 0 Å². The van der Waals surface area contributed by atoms with Crippen molar-refractivity contribution in [1.29, 1.82) is 0 Å². The van der Waals surface area contributed by atoms with Crippen LogP contribution in [0.15, 0.2) is 36.4 Å². The summed E-state index contributed by atoms with van der Waals surface area (Å²) in [6.07, 6.45) is -35.1. The highest BCUT2D eigenvalue weighted by Gasteiger charge is 2.48. The summed E-state index contributed by atoms with van der Waals surface area (Å²) >= 11 is 0. The maximum absolute atomic E-state index is 13.9. The molecule has 0 heterocycles. The molecule has 3 aromatic rings. The first kappa shape index (κ1) is 36.1. The van der Waals surface area contributed by atoms with Gasteiger partial charge in [-0.05, 0) is 18.2 Å². The summed E-state index contributed by atoms with van der Waals surface area (Å²) in [7, 11) is 0. The van der Waals surface area contributed by atoms with Crippen molar-refractivity contribution in [3.05, 3.63) is 69.8 Å². The lowest BCUT2D eigenvalue weighted by Gasteiger charge is -2.23. The third-order valence-electron chi connectivity index (χ3n) is 5.64. The van der Waals surface area contributed by atoms with E-state index in [9.17, 15) is 79.0 Å². The summed E-state index contributed by atoms with van der Waals surface area (Å²) < 4.78 is 252. The molecule has 3 rings (SSSR count). The van der Waals surface area contributed by atoms with Crippen molar-refractivity contribution in [1.82, 2.24) is 0 Å². The molecule has 0 amide bonds. The molecule has 0 aliphatic carbocycles. The monoisotopic (exact) mass is 700 g/mol. The van der Waals surface area contributed by atoms with Crippen molar-refractivity contribution >= 4 is 11.4 Å². The number of hydrogen-bond donors (Lipinski definition) is 2. The Morgan fingerprint density at radius 3 is 1.02 bits per heavy atom. The van der Waals surface area contributed by atoms with Gasteiger partial charge < -0.3 is 20.9 Å². The van der Waals surface area contributed by atoms with Gasteiger partial charge in [0.1, 0.15) is 28.6 Å². The van der Waals surface area contributed by atoms with Crippen LogP contribution >= 0.6 is 0 Å². The molecule has 0 fully saturated rings. The van der Waals surface area contributed by atoms with E-state index in [-0.39, 0.29) is 18.2 Å². The van der Waals surface area contributed by atoms with Crippen LogP contribution in [0.5, 0.6) is 23.0 Å². The first-order valence-electron chi connectivity index (χ1n) is 11.3. The van der Waals surface area contributed by atoms with Gasteiger partial charge in [0, 0.05) is 29.6 Å². The molecule has 0 saturated carbocycles. The summed E-state index contributed by atoms with van der Waals surface area (Å²) in [5.74, 6) is -7.89. The molecule has 46 heavy (non-hydrogen) atoms. The first-order valence-corrected chi connectivity index (χ1v) is 11.3. The van der Waals surface area contributed by atoms with Gasteiger partial charge >= 0.3 is 37.1 Å². The number of halogens is 18. The van der Waals surface area contributed by atoms with E-state index in [2.05, 4.69) is 9.47 Å². The van der Waals surface area contributed by atoms with Crippen LogP contribution in [0.1, 0.15) is 33.4 Å². The molecule has 0 bridgehead atoms. The van der Waals surface area contributed by atoms with Gasteiger partial charge in [0.15, 0.2) is 0 Å². The standard InChI is InChI=1S/C24H10F18N2O2/c25-19(26,27)8-3-10(21(31,32)33)15(5-13(8)43)45-7-1-12(23(37,38)39)18(24(40,41)42)17(2-7)46-16-6-14(44)9(20(28,29)30)4-11(16)22(34,35)36/h1-6H,43-44H2. The van der Waals surface area contributed by atoms with Gasteiger partial charge in [-0.1, -0.05) is 0 Å². The van der Waals surface area contributed by atoms with Gasteiger partial charge in [-0.3, -0.25) is 0 Å². The average molecular weight is 700 g/mol. The number of benzene rings is 3. The van der Waals surface area contributed by atoms with E-state index in [0.29, 0.717) is 0 Å². The number of rotatable bonds is 4. The number of alkyl halides is 18. The maximum atomic E-state index is 13.9. The Morgan fingerprint density at radius 2 is 0.696 bits per heavy atom. The zero-order valence-electron chi connectivity index (χ0n) is 21.2. The number of nitrogens with two attached hydrogens (primary N) is 2. The molecule has 4 nitrogen and oxygen atoms in total. The second-order valence-electron chi connectivity index (χ2n) is 8.91. The average Bonchev–Trinajstić information content (AvgIpc) is 2.79. The molecule has 3 aromatic carbocycles. The van der Waals surface area contributed by atoms with Crippen molar-refractivity contribution in [2.45, 2.75) is 37.1 Å². The Morgan fingerprint density at radius 1 is 0.348 bits per heavy atom. The highest BCUT2D eigenvalue weighted by atomic mass is 19.4. The van der Waals surface area contributed by atoms with E-state index in [1.165, 1.54) is 0 Å². The third-order valence-corrected chi connectivity index (χ3v) is 5.64. The minimum absolute atomic E-state index is 0.199. The van der Waals surface area contributed by atoms with E-state index in [1.807, 2.05) is 0 Å². The second-order valence-corrected chi connectivity index (χ2v) is 8.91. The zero-order chi connectivity index (χ0) is 35.6. The van der Waals surface area contributed by atoms with Crippen molar-refractivity contribution in [2.24, 2.45) is 0 Å². The van der Waals surface area contributed by atoms with Crippen LogP contribution < -0.4 is 20.9 Å².